The molecule has 0 aliphatic carbocycles. The van der Waals surface area contributed by atoms with Gasteiger partial charge in [-0.25, -0.2) is 14.4 Å². The number of rotatable bonds is 7. The van der Waals surface area contributed by atoms with E-state index in [1.807, 2.05) is 0 Å². The average Bonchev–Trinajstić information content (AvgIpc) is 2.96. The summed E-state index contributed by atoms with van der Waals surface area (Å²) in [5.41, 5.74) is 0.570. The summed E-state index contributed by atoms with van der Waals surface area (Å²) in [5.74, 6) is -3.21. The number of carbonyl (C=O) groups is 3. The van der Waals surface area contributed by atoms with Crippen LogP contribution in [0.2, 0.25) is 0 Å². The Hall–Kier alpha value is -3.63. The van der Waals surface area contributed by atoms with Crippen LogP contribution < -0.4 is 0 Å². The fourth-order valence-electron chi connectivity index (χ4n) is 3.71. The van der Waals surface area contributed by atoms with Gasteiger partial charge < -0.3 is 23.7 Å². The second-order valence-electron chi connectivity index (χ2n) is 8.43. The van der Waals surface area contributed by atoms with Crippen LogP contribution in [0, 0.1) is 5.41 Å². The van der Waals surface area contributed by atoms with Crippen molar-refractivity contribution in [1.29, 1.82) is 5.41 Å². The molecule has 3 aromatic carbocycles. The Kier molecular flexibility index (Phi) is 9.65. The standard InChI is InChI=1S/C28H22Cl3NO8/c29-28(30,31)27(32)40-26-22(39-25(35)19-14-8-3-9-15-19)21(38-24(34)18-12-6-2-7-13-18)20(16-36-26)37-23(33)17-10-4-1-5-11-17/h1-15,20-22,26,32H,16H2/t20-,21?,22-,26-/m0/s1. The predicted molar refractivity (Wildman–Crippen MR) is 146 cm³/mol. The van der Waals surface area contributed by atoms with Crippen molar-refractivity contribution in [3.05, 3.63) is 108 Å². The molecule has 1 fully saturated rings. The Morgan fingerprint density at radius 1 is 0.650 bits per heavy atom. The van der Waals surface area contributed by atoms with Gasteiger partial charge in [0.2, 0.25) is 18.3 Å². The van der Waals surface area contributed by atoms with Crippen molar-refractivity contribution in [3.8, 4) is 0 Å². The van der Waals surface area contributed by atoms with Crippen LogP contribution in [-0.2, 0) is 23.7 Å². The molecule has 1 N–H and O–H groups in total. The van der Waals surface area contributed by atoms with Crippen molar-refractivity contribution in [2.75, 3.05) is 6.61 Å². The molecule has 0 saturated carbocycles. The highest BCUT2D eigenvalue weighted by atomic mass is 35.6. The minimum Gasteiger partial charge on any atom is -0.452 e. The maximum atomic E-state index is 13.1. The van der Waals surface area contributed by atoms with E-state index in [9.17, 15) is 14.4 Å². The monoisotopic (exact) mass is 605 g/mol. The Bertz CT molecular complexity index is 1340. The number of hydrogen-bond donors (Lipinski definition) is 1. The third-order valence-corrected chi connectivity index (χ3v) is 6.16. The third kappa shape index (κ3) is 7.51. The molecule has 1 unspecified atom stereocenters. The molecule has 0 radical (unpaired) electrons. The highest BCUT2D eigenvalue weighted by Gasteiger charge is 2.50. The van der Waals surface area contributed by atoms with E-state index in [-0.39, 0.29) is 23.3 Å². The third-order valence-electron chi connectivity index (χ3n) is 5.65. The van der Waals surface area contributed by atoms with E-state index in [2.05, 4.69) is 0 Å². The van der Waals surface area contributed by atoms with Gasteiger partial charge in [0.25, 0.3) is 3.79 Å². The van der Waals surface area contributed by atoms with Crippen LogP contribution in [0.1, 0.15) is 31.1 Å². The minimum atomic E-state index is -2.27. The van der Waals surface area contributed by atoms with Gasteiger partial charge in [-0.15, -0.1) is 0 Å². The van der Waals surface area contributed by atoms with Crippen LogP contribution in [0.25, 0.3) is 0 Å². The molecule has 208 valence electrons. The Labute approximate surface area is 244 Å². The fourth-order valence-corrected chi connectivity index (χ4v) is 3.84. The van der Waals surface area contributed by atoms with E-state index in [1.165, 1.54) is 36.4 Å². The van der Waals surface area contributed by atoms with Gasteiger partial charge in [0.15, 0.2) is 12.2 Å². The molecule has 0 bridgehead atoms. The second kappa shape index (κ2) is 13.1. The normalized spacial score (nSPS) is 20.6. The van der Waals surface area contributed by atoms with Gasteiger partial charge in [-0.3, -0.25) is 5.41 Å². The lowest BCUT2D eigenvalue weighted by Crippen LogP contribution is -2.59. The molecule has 1 aliphatic heterocycles. The number of ether oxygens (including phenoxy) is 5. The highest BCUT2D eigenvalue weighted by Crippen LogP contribution is 2.32. The van der Waals surface area contributed by atoms with Gasteiger partial charge in [-0.1, -0.05) is 89.4 Å². The van der Waals surface area contributed by atoms with Crippen LogP contribution in [0.15, 0.2) is 91.0 Å². The molecule has 1 aliphatic rings. The van der Waals surface area contributed by atoms with E-state index in [0.29, 0.717) is 0 Å². The molecular formula is C28H22Cl3NO8. The smallest absolute Gasteiger partial charge is 0.338 e. The molecule has 0 amide bonds. The maximum Gasteiger partial charge on any atom is 0.338 e. The first-order chi connectivity index (χ1) is 19.1. The molecule has 40 heavy (non-hydrogen) atoms. The molecule has 0 aromatic heterocycles. The first-order valence-corrected chi connectivity index (χ1v) is 13.0. The molecule has 3 aromatic rings. The van der Waals surface area contributed by atoms with Crippen LogP contribution >= 0.6 is 34.8 Å². The number of nitrogens with one attached hydrogen (secondary N) is 1. The summed E-state index contributed by atoms with van der Waals surface area (Å²) in [6.07, 6.45) is -5.84. The molecule has 4 atom stereocenters. The number of carbonyl (C=O) groups excluding carboxylic acids is 3. The molecule has 0 spiro atoms. The number of hydrogen-bond acceptors (Lipinski definition) is 9. The van der Waals surface area contributed by atoms with E-state index < -0.39 is 52.2 Å². The Morgan fingerprint density at radius 3 is 1.48 bits per heavy atom. The fraction of sp³-hybridized carbons (Fsp3) is 0.214. The lowest BCUT2D eigenvalue weighted by atomic mass is 10.0. The van der Waals surface area contributed by atoms with Gasteiger partial charge in [-0.05, 0) is 36.4 Å². The van der Waals surface area contributed by atoms with Gasteiger partial charge in [0.05, 0.1) is 23.3 Å². The zero-order chi connectivity index (χ0) is 28.7. The van der Waals surface area contributed by atoms with Gasteiger partial charge in [0, 0.05) is 0 Å². The first-order valence-electron chi connectivity index (χ1n) is 11.9. The minimum absolute atomic E-state index is 0.161. The van der Waals surface area contributed by atoms with Crippen LogP contribution in [-0.4, -0.2) is 58.8 Å². The van der Waals surface area contributed by atoms with Crippen molar-refractivity contribution in [1.82, 2.24) is 0 Å². The van der Waals surface area contributed by atoms with Crippen molar-refractivity contribution in [2.45, 2.75) is 28.4 Å². The van der Waals surface area contributed by atoms with Crippen LogP contribution in [0.3, 0.4) is 0 Å². The van der Waals surface area contributed by atoms with Crippen molar-refractivity contribution >= 4 is 58.6 Å². The zero-order valence-electron chi connectivity index (χ0n) is 20.6. The number of benzene rings is 3. The summed E-state index contributed by atoms with van der Waals surface area (Å²) in [6.45, 7) is -0.373. The number of esters is 3. The zero-order valence-corrected chi connectivity index (χ0v) is 22.8. The van der Waals surface area contributed by atoms with E-state index in [1.54, 1.807) is 54.6 Å². The summed E-state index contributed by atoms with van der Waals surface area (Å²) < 4.78 is 25.9. The molecule has 4 rings (SSSR count). The highest BCUT2D eigenvalue weighted by molar-refractivity contribution is 6.76. The summed E-state index contributed by atoms with van der Waals surface area (Å²) in [7, 11) is 0. The lowest BCUT2D eigenvalue weighted by molar-refractivity contribution is -0.245. The van der Waals surface area contributed by atoms with Crippen LogP contribution in [0.4, 0.5) is 0 Å². The quantitative estimate of drug-likeness (QED) is 0.125. The predicted octanol–water partition coefficient (Wildman–Crippen LogP) is 5.38. The summed E-state index contributed by atoms with van der Waals surface area (Å²) in [5, 5.41) is 8.00. The van der Waals surface area contributed by atoms with E-state index in [0.717, 1.165) is 0 Å². The Morgan fingerprint density at radius 2 is 1.05 bits per heavy atom. The van der Waals surface area contributed by atoms with Crippen molar-refractivity contribution in [3.63, 3.8) is 0 Å². The lowest BCUT2D eigenvalue weighted by Gasteiger charge is -2.40. The largest absolute Gasteiger partial charge is 0.452 e. The molecule has 1 heterocycles. The van der Waals surface area contributed by atoms with Crippen molar-refractivity contribution < 1.29 is 38.1 Å². The second-order valence-corrected chi connectivity index (χ2v) is 10.7. The SMILES string of the molecule is N=C(O[C@@H]1OC[C@H](OC(=O)c2ccccc2)C(OC(=O)c2ccccc2)[C@@H]1OC(=O)c1ccccc1)C(Cl)(Cl)Cl. The molecular weight excluding hydrogens is 585 g/mol. The van der Waals surface area contributed by atoms with Gasteiger partial charge >= 0.3 is 17.9 Å². The van der Waals surface area contributed by atoms with Gasteiger partial charge in [0.1, 0.15) is 0 Å². The summed E-state index contributed by atoms with van der Waals surface area (Å²) in [4.78, 5) is 39.1. The van der Waals surface area contributed by atoms with Crippen molar-refractivity contribution in [2.24, 2.45) is 0 Å². The van der Waals surface area contributed by atoms with E-state index >= 15 is 0 Å². The Balaban J connectivity index is 1.68. The van der Waals surface area contributed by atoms with E-state index in [4.69, 9.17) is 63.9 Å². The molecule has 1 saturated heterocycles. The first kappa shape index (κ1) is 29.4. The average molecular weight is 607 g/mol. The molecule has 12 heteroatoms. The number of alkyl halides is 3. The topological polar surface area (TPSA) is 121 Å². The summed E-state index contributed by atoms with van der Waals surface area (Å²) in [6, 6.07) is 24.1. The summed E-state index contributed by atoms with van der Waals surface area (Å²) >= 11 is 17.3. The van der Waals surface area contributed by atoms with Gasteiger partial charge in [-0.2, -0.15) is 0 Å². The van der Waals surface area contributed by atoms with Crippen LogP contribution in [0.5, 0.6) is 0 Å². The maximum absolute atomic E-state index is 13.1. The number of halogens is 3. The molecule has 9 nitrogen and oxygen atoms in total.